The van der Waals surface area contributed by atoms with Crippen molar-refractivity contribution in [3.8, 4) is 0 Å². The first kappa shape index (κ1) is 32.6. The van der Waals surface area contributed by atoms with Crippen molar-refractivity contribution in [2.24, 2.45) is 0 Å². The number of rotatable bonds is 25. The SMILES string of the molecule is CCCCCCCCCCS(=O)S(=O)CCCCS(=O)S(=O)CCCCCCCCCC. The van der Waals surface area contributed by atoms with Crippen molar-refractivity contribution in [3.63, 3.8) is 0 Å². The number of unbranched alkanes of at least 4 members (excludes halogenated alkanes) is 15. The molecule has 0 aromatic carbocycles. The molecule has 0 aromatic heterocycles. The minimum absolute atomic E-state index is 0.394. The molecule has 0 spiro atoms. The Hall–Kier alpha value is 0.600. The zero-order valence-corrected chi connectivity index (χ0v) is 24.1. The summed E-state index contributed by atoms with van der Waals surface area (Å²) in [5.74, 6) is 1.84. The maximum atomic E-state index is 12.1. The predicted molar refractivity (Wildman–Crippen MR) is 146 cm³/mol. The quantitative estimate of drug-likeness (QED) is 0.0953. The highest BCUT2D eigenvalue weighted by molar-refractivity contribution is 8.61. The van der Waals surface area contributed by atoms with E-state index in [1.165, 1.54) is 77.0 Å². The van der Waals surface area contributed by atoms with E-state index in [0.29, 0.717) is 35.9 Å². The van der Waals surface area contributed by atoms with Crippen molar-refractivity contribution in [1.82, 2.24) is 0 Å². The highest BCUT2D eigenvalue weighted by Crippen LogP contribution is 2.11. The molecule has 4 atom stereocenters. The molecule has 0 rings (SSSR count). The van der Waals surface area contributed by atoms with Crippen LogP contribution >= 0.6 is 0 Å². The summed E-state index contributed by atoms with van der Waals surface area (Å²) in [7, 11) is -5.17. The summed E-state index contributed by atoms with van der Waals surface area (Å²) in [4.78, 5) is 0. The maximum absolute atomic E-state index is 12.1. The minimum Gasteiger partial charge on any atom is -0.246 e. The van der Waals surface area contributed by atoms with E-state index < -0.39 is 39.3 Å². The maximum Gasteiger partial charge on any atom is 0.110 e. The molecular weight excluding hydrogens is 481 g/mol. The molecule has 0 fully saturated rings. The fraction of sp³-hybridized carbons (Fsp3) is 1.00. The van der Waals surface area contributed by atoms with E-state index >= 15 is 0 Å². The molecule has 0 bridgehead atoms. The van der Waals surface area contributed by atoms with Crippen molar-refractivity contribution in [3.05, 3.63) is 0 Å². The topological polar surface area (TPSA) is 68.3 Å². The lowest BCUT2D eigenvalue weighted by Gasteiger charge is -2.05. The van der Waals surface area contributed by atoms with E-state index in [2.05, 4.69) is 13.8 Å². The number of hydrogen-bond acceptors (Lipinski definition) is 4. The van der Waals surface area contributed by atoms with Gasteiger partial charge in [0.1, 0.15) is 39.3 Å². The molecule has 0 aliphatic rings. The first-order valence-corrected chi connectivity index (χ1v) is 19.4. The molecule has 0 saturated heterocycles. The third-order valence-corrected chi connectivity index (χ3v) is 13.4. The highest BCUT2D eigenvalue weighted by atomic mass is 33.1. The summed E-state index contributed by atoms with van der Waals surface area (Å²) >= 11 is 0. The lowest BCUT2D eigenvalue weighted by Crippen LogP contribution is -2.11. The third-order valence-electron chi connectivity index (χ3n) is 5.62. The molecular formula is C24H50O4S4. The fourth-order valence-corrected chi connectivity index (χ4v) is 9.67. The molecule has 0 radical (unpaired) electrons. The van der Waals surface area contributed by atoms with Crippen molar-refractivity contribution in [2.75, 3.05) is 23.0 Å². The first-order chi connectivity index (χ1) is 15.5. The lowest BCUT2D eigenvalue weighted by molar-refractivity contribution is 0.585. The monoisotopic (exact) mass is 530 g/mol. The number of hydrogen-bond donors (Lipinski definition) is 0. The van der Waals surface area contributed by atoms with Crippen LogP contribution in [0.25, 0.3) is 0 Å². The van der Waals surface area contributed by atoms with Crippen LogP contribution in [0.15, 0.2) is 0 Å². The molecule has 0 aliphatic carbocycles. The van der Waals surface area contributed by atoms with E-state index in [-0.39, 0.29) is 0 Å². The molecule has 0 saturated carbocycles. The largest absolute Gasteiger partial charge is 0.246 e. The van der Waals surface area contributed by atoms with Crippen molar-refractivity contribution in [1.29, 1.82) is 0 Å². The minimum atomic E-state index is -1.31. The van der Waals surface area contributed by atoms with Crippen LogP contribution in [-0.4, -0.2) is 39.8 Å². The summed E-state index contributed by atoms with van der Waals surface area (Å²) < 4.78 is 48.4. The van der Waals surface area contributed by atoms with Crippen LogP contribution < -0.4 is 0 Å². The van der Waals surface area contributed by atoms with Crippen LogP contribution in [0.5, 0.6) is 0 Å². The Morgan fingerprint density at radius 2 is 0.500 bits per heavy atom. The average Bonchev–Trinajstić information content (AvgIpc) is 2.79. The highest BCUT2D eigenvalue weighted by Gasteiger charge is 2.12. The van der Waals surface area contributed by atoms with Gasteiger partial charge >= 0.3 is 0 Å². The standard InChI is InChI=1S/C24H50O4S4/c1-3-5-7-9-11-13-15-17-21-29(25)31(27)23-19-20-24-32(28)30(26)22-18-16-14-12-10-8-6-4-2/h3-24H2,1-2H3. The van der Waals surface area contributed by atoms with E-state index in [0.717, 1.165) is 25.7 Å². The van der Waals surface area contributed by atoms with Gasteiger partial charge in [0.15, 0.2) is 0 Å². The lowest BCUT2D eigenvalue weighted by atomic mass is 10.1. The van der Waals surface area contributed by atoms with Gasteiger partial charge in [0.25, 0.3) is 0 Å². The Kier molecular flexibility index (Phi) is 25.2. The van der Waals surface area contributed by atoms with Crippen LogP contribution in [-0.2, 0) is 39.3 Å². The Morgan fingerprint density at radius 1 is 0.312 bits per heavy atom. The summed E-state index contributed by atoms with van der Waals surface area (Å²) in [5, 5.41) is 0. The Bertz CT molecular complexity index is 480. The van der Waals surface area contributed by atoms with Gasteiger partial charge in [-0.15, -0.1) is 0 Å². The Balaban J connectivity index is 3.62. The zero-order valence-electron chi connectivity index (χ0n) is 20.8. The molecule has 0 aliphatic heterocycles. The molecule has 0 N–H and O–H groups in total. The van der Waals surface area contributed by atoms with E-state index in [1.807, 2.05) is 0 Å². The van der Waals surface area contributed by atoms with Gasteiger partial charge in [0.05, 0.1) is 0 Å². The van der Waals surface area contributed by atoms with Gasteiger partial charge in [-0.25, -0.2) is 16.8 Å². The molecule has 4 nitrogen and oxygen atoms in total. The summed E-state index contributed by atoms with van der Waals surface area (Å²) in [6.45, 7) is 4.43. The van der Waals surface area contributed by atoms with Crippen LogP contribution in [0.1, 0.15) is 129 Å². The molecule has 8 heteroatoms. The van der Waals surface area contributed by atoms with Gasteiger partial charge in [-0.1, -0.05) is 104 Å². The summed E-state index contributed by atoms with van der Waals surface area (Å²) in [6, 6.07) is 0. The van der Waals surface area contributed by atoms with Gasteiger partial charge in [0.2, 0.25) is 0 Å². The van der Waals surface area contributed by atoms with Crippen LogP contribution in [0, 0.1) is 0 Å². The van der Waals surface area contributed by atoms with Gasteiger partial charge in [-0.05, 0) is 25.7 Å². The first-order valence-electron chi connectivity index (χ1n) is 13.1. The third kappa shape index (κ3) is 21.2. The van der Waals surface area contributed by atoms with Gasteiger partial charge in [-0.2, -0.15) is 0 Å². The zero-order chi connectivity index (χ0) is 23.9. The van der Waals surface area contributed by atoms with E-state index in [9.17, 15) is 16.8 Å². The molecule has 0 amide bonds. The van der Waals surface area contributed by atoms with Crippen LogP contribution in [0.4, 0.5) is 0 Å². The molecule has 0 aromatic rings. The molecule has 194 valence electrons. The molecule has 0 heterocycles. The van der Waals surface area contributed by atoms with Crippen molar-refractivity contribution in [2.45, 2.75) is 129 Å². The smallest absolute Gasteiger partial charge is 0.110 e. The second-order valence-corrected chi connectivity index (χ2v) is 17.2. The predicted octanol–water partition coefficient (Wildman–Crippen LogP) is 6.87. The normalized spacial score (nSPS) is 15.4. The molecule has 32 heavy (non-hydrogen) atoms. The fourth-order valence-electron chi connectivity index (χ4n) is 3.52. The summed E-state index contributed by atoms with van der Waals surface area (Å²) in [6.07, 6.45) is 20.3. The van der Waals surface area contributed by atoms with Crippen LogP contribution in [0.3, 0.4) is 0 Å². The van der Waals surface area contributed by atoms with Gasteiger partial charge in [-0.3, -0.25) is 0 Å². The van der Waals surface area contributed by atoms with Crippen molar-refractivity contribution >= 4 is 39.3 Å². The van der Waals surface area contributed by atoms with Gasteiger partial charge < -0.3 is 0 Å². The van der Waals surface area contributed by atoms with Gasteiger partial charge in [0, 0.05) is 23.0 Å². The average molecular weight is 531 g/mol. The van der Waals surface area contributed by atoms with Crippen LogP contribution in [0.2, 0.25) is 0 Å². The van der Waals surface area contributed by atoms with E-state index in [1.54, 1.807) is 0 Å². The van der Waals surface area contributed by atoms with Crippen molar-refractivity contribution < 1.29 is 16.8 Å². The Morgan fingerprint density at radius 3 is 0.750 bits per heavy atom. The van der Waals surface area contributed by atoms with E-state index in [4.69, 9.17) is 0 Å². The second kappa shape index (κ2) is 24.7. The Labute approximate surface area is 207 Å². The second-order valence-electron chi connectivity index (χ2n) is 8.69. The summed E-state index contributed by atoms with van der Waals surface area (Å²) in [5.41, 5.74) is 0. The molecule has 4 unspecified atom stereocenters.